The van der Waals surface area contributed by atoms with Crippen LogP contribution in [0.4, 0.5) is 13.2 Å². The molecule has 0 unspecified atom stereocenters. The normalized spacial score (nSPS) is 16.0. The molecule has 1 N–H and O–H groups in total. The van der Waals surface area contributed by atoms with Gasteiger partial charge in [0.05, 0.1) is 11.2 Å². The Morgan fingerprint density at radius 2 is 1.86 bits per heavy atom. The average Bonchev–Trinajstić information content (AvgIpc) is 3.00. The average molecular weight is 351 g/mol. The van der Waals surface area contributed by atoms with Gasteiger partial charge in [-0.3, -0.25) is 4.79 Å². The van der Waals surface area contributed by atoms with E-state index >= 15 is 0 Å². The van der Waals surface area contributed by atoms with Crippen LogP contribution in [0.2, 0.25) is 0 Å². The van der Waals surface area contributed by atoms with Crippen molar-refractivity contribution in [2.24, 2.45) is 0 Å². The number of amides is 1. The molecule has 1 amide bonds. The summed E-state index contributed by atoms with van der Waals surface area (Å²) < 4.78 is 40.4. The minimum absolute atomic E-state index is 0.0466. The van der Waals surface area contributed by atoms with Crippen molar-refractivity contribution in [3.05, 3.63) is 35.4 Å². The lowest BCUT2D eigenvalue weighted by Crippen LogP contribution is -2.28. The number of rotatable bonds is 6. The van der Waals surface area contributed by atoms with Gasteiger partial charge in [0, 0.05) is 23.6 Å². The summed E-state index contributed by atoms with van der Waals surface area (Å²) in [5, 5.41) is 2.53. The Morgan fingerprint density at radius 3 is 2.45 bits per heavy atom. The van der Waals surface area contributed by atoms with Crippen LogP contribution in [-0.2, 0) is 4.74 Å². The molecule has 1 saturated heterocycles. The predicted octanol–water partition coefficient (Wildman–Crippen LogP) is 3.47. The van der Waals surface area contributed by atoms with Gasteiger partial charge in [-0.1, -0.05) is 12.1 Å². The maximum Gasteiger partial charge on any atom is 0.411 e. The number of halogens is 3. The molecule has 1 aliphatic heterocycles. The summed E-state index contributed by atoms with van der Waals surface area (Å²) in [6, 6.07) is 7.32. The van der Waals surface area contributed by atoms with Crippen LogP contribution in [0.15, 0.2) is 24.3 Å². The molecule has 0 aliphatic carbocycles. The monoisotopic (exact) mass is 351 g/mol. The minimum atomic E-state index is -4.34. The molecule has 22 heavy (non-hydrogen) atoms. The van der Waals surface area contributed by atoms with Crippen LogP contribution < -0.4 is 5.32 Å². The van der Waals surface area contributed by atoms with Gasteiger partial charge in [0.25, 0.3) is 5.91 Å². The van der Waals surface area contributed by atoms with E-state index < -0.39 is 12.8 Å². The zero-order valence-corrected chi connectivity index (χ0v) is 13.3. The summed E-state index contributed by atoms with van der Waals surface area (Å²) in [5.41, 5.74) is 1.67. The number of alkyl halides is 3. The zero-order valence-electron chi connectivity index (χ0n) is 11.7. The summed E-state index contributed by atoms with van der Waals surface area (Å²) in [4.78, 5) is 11.8. The number of benzene rings is 1. The van der Waals surface area contributed by atoms with Gasteiger partial charge in [0.2, 0.25) is 0 Å². The van der Waals surface area contributed by atoms with Crippen molar-refractivity contribution >= 4 is 29.4 Å². The zero-order chi connectivity index (χ0) is 16.0. The predicted molar refractivity (Wildman–Crippen MR) is 83.3 cm³/mol. The van der Waals surface area contributed by atoms with Crippen molar-refractivity contribution in [2.75, 3.05) is 31.3 Å². The molecule has 1 heterocycles. The molecule has 0 bridgehead atoms. The van der Waals surface area contributed by atoms with Gasteiger partial charge >= 0.3 is 6.18 Å². The fraction of sp³-hybridized carbons (Fsp3) is 0.500. The van der Waals surface area contributed by atoms with Gasteiger partial charge in [-0.05, 0) is 17.7 Å². The lowest BCUT2D eigenvalue weighted by atomic mass is 10.1. The molecule has 0 radical (unpaired) electrons. The van der Waals surface area contributed by atoms with Crippen molar-refractivity contribution in [3.8, 4) is 0 Å². The van der Waals surface area contributed by atoms with Crippen molar-refractivity contribution < 1.29 is 22.7 Å². The molecule has 8 heteroatoms. The summed E-state index contributed by atoms with van der Waals surface area (Å²) in [7, 11) is 0. The molecule has 3 nitrogen and oxygen atoms in total. The number of carbonyl (C=O) groups excluding carboxylic acids is 1. The highest BCUT2D eigenvalue weighted by molar-refractivity contribution is 8.19. The third kappa shape index (κ3) is 5.73. The van der Waals surface area contributed by atoms with Crippen molar-refractivity contribution in [1.29, 1.82) is 0 Å². The second kappa shape index (κ2) is 8.12. The molecule has 0 saturated carbocycles. The van der Waals surface area contributed by atoms with Crippen LogP contribution >= 0.6 is 23.5 Å². The molecular formula is C14H16F3NO2S2. The van der Waals surface area contributed by atoms with Gasteiger partial charge < -0.3 is 10.1 Å². The molecule has 1 aromatic carbocycles. The van der Waals surface area contributed by atoms with E-state index in [1.165, 1.54) is 5.56 Å². The Kier molecular flexibility index (Phi) is 6.46. The van der Waals surface area contributed by atoms with Crippen LogP contribution in [-0.4, -0.2) is 43.3 Å². The quantitative estimate of drug-likeness (QED) is 0.797. The molecule has 0 atom stereocenters. The summed E-state index contributed by atoms with van der Waals surface area (Å²) >= 11 is 3.77. The highest BCUT2D eigenvalue weighted by atomic mass is 32.2. The van der Waals surface area contributed by atoms with Gasteiger partial charge in [-0.25, -0.2) is 0 Å². The molecule has 0 spiro atoms. The maximum atomic E-state index is 11.9. The number of ether oxygens (including phenoxy) is 1. The topological polar surface area (TPSA) is 38.3 Å². The Bertz CT molecular complexity index is 488. The fourth-order valence-electron chi connectivity index (χ4n) is 1.87. The summed E-state index contributed by atoms with van der Waals surface area (Å²) in [6.45, 7) is -1.42. The van der Waals surface area contributed by atoms with E-state index in [0.717, 1.165) is 11.5 Å². The second-order valence-corrected chi connectivity index (χ2v) is 7.34. The molecule has 1 aliphatic rings. The molecular weight excluding hydrogens is 335 g/mol. The van der Waals surface area contributed by atoms with E-state index in [9.17, 15) is 18.0 Å². The highest BCUT2D eigenvalue weighted by Crippen LogP contribution is 2.45. The molecule has 0 aromatic heterocycles. The Balaban J connectivity index is 1.73. The van der Waals surface area contributed by atoms with E-state index in [-0.39, 0.29) is 19.1 Å². The first-order chi connectivity index (χ1) is 10.5. The fourth-order valence-corrected chi connectivity index (χ4v) is 4.73. The number of hydrogen-bond donors (Lipinski definition) is 1. The van der Waals surface area contributed by atoms with Crippen LogP contribution in [0.5, 0.6) is 0 Å². The Hall–Kier alpha value is -0.860. The standard InChI is InChI=1S/C14H16F3NO2S2/c15-14(16,17)9-20-6-5-18-12(19)10-1-3-11(4-2-10)13-21-7-8-22-13/h1-4,13H,5-9H2,(H,18,19). The number of hydrogen-bond acceptors (Lipinski definition) is 4. The third-order valence-corrected chi connectivity index (χ3v) is 5.97. The molecule has 1 aromatic rings. The Labute approximate surface area is 135 Å². The van der Waals surface area contributed by atoms with E-state index in [0.29, 0.717) is 10.1 Å². The third-order valence-electron chi connectivity index (χ3n) is 2.86. The molecule has 122 valence electrons. The molecule has 1 fully saturated rings. The van der Waals surface area contributed by atoms with Gasteiger partial charge in [-0.2, -0.15) is 13.2 Å². The molecule has 2 rings (SSSR count). The largest absolute Gasteiger partial charge is 0.411 e. The van der Waals surface area contributed by atoms with Crippen molar-refractivity contribution in [2.45, 2.75) is 10.8 Å². The van der Waals surface area contributed by atoms with Gasteiger partial charge in [-0.15, -0.1) is 23.5 Å². The van der Waals surface area contributed by atoms with Crippen LogP contribution in [0.25, 0.3) is 0 Å². The first kappa shape index (κ1) is 17.5. The number of carbonyl (C=O) groups is 1. The summed E-state index contributed by atoms with van der Waals surface area (Å²) in [5.74, 6) is 1.96. The minimum Gasteiger partial charge on any atom is -0.370 e. The van der Waals surface area contributed by atoms with Gasteiger partial charge in [0.15, 0.2) is 0 Å². The van der Waals surface area contributed by atoms with Crippen LogP contribution in [0.1, 0.15) is 20.5 Å². The van der Waals surface area contributed by atoms with Crippen LogP contribution in [0, 0.1) is 0 Å². The first-order valence-corrected chi connectivity index (χ1v) is 8.81. The van der Waals surface area contributed by atoms with Gasteiger partial charge in [0.1, 0.15) is 6.61 Å². The van der Waals surface area contributed by atoms with E-state index in [4.69, 9.17) is 0 Å². The van der Waals surface area contributed by atoms with E-state index in [1.54, 1.807) is 12.1 Å². The van der Waals surface area contributed by atoms with E-state index in [1.807, 2.05) is 35.7 Å². The lowest BCUT2D eigenvalue weighted by molar-refractivity contribution is -0.173. The van der Waals surface area contributed by atoms with E-state index in [2.05, 4.69) is 10.1 Å². The lowest BCUT2D eigenvalue weighted by Gasteiger charge is -2.10. The number of nitrogens with one attached hydrogen (secondary N) is 1. The smallest absolute Gasteiger partial charge is 0.370 e. The first-order valence-electron chi connectivity index (χ1n) is 6.71. The van der Waals surface area contributed by atoms with Crippen molar-refractivity contribution in [3.63, 3.8) is 0 Å². The second-order valence-electron chi connectivity index (χ2n) is 4.62. The SMILES string of the molecule is O=C(NCCOCC(F)(F)F)c1ccc(C2SCCS2)cc1. The Morgan fingerprint density at radius 1 is 1.23 bits per heavy atom. The highest BCUT2D eigenvalue weighted by Gasteiger charge is 2.27. The number of thioether (sulfide) groups is 2. The van der Waals surface area contributed by atoms with Crippen LogP contribution in [0.3, 0.4) is 0 Å². The maximum absolute atomic E-state index is 11.9. The van der Waals surface area contributed by atoms with Crippen molar-refractivity contribution in [1.82, 2.24) is 5.32 Å². The summed E-state index contributed by atoms with van der Waals surface area (Å²) in [6.07, 6.45) is -4.34.